The van der Waals surface area contributed by atoms with Gasteiger partial charge in [-0.2, -0.15) is 0 Å². The highest BCUT2D eigenvalue weighted by Crippen LogP contribution is 2.07. The van der Waals surface area contributed by atoms with E-state index < -0.39 is 0 Å². The lowest BCUT2D eigenvalue weighted by Crippen LogP contribution is -2.13. The summed E-state index contributed by atoms with van der Waals surface area (Å²) < 4.78 is 7.01. The van der Waals surface area contributed by atoms with Crippen molar-refractivity contribution in [2.75, 3.05) is 25.6 Å². The smallest absolute Gasteiger partial charge is 0.203 e. The number of nitrogens with zero attached hydrogens (tertiary/aromatic N) is 3. The van der Waals surface area contributed by atoms with Crippen LogP contribution in [-0.2, 0) is 11.3 Å². The Morgan fingerprint density at radius 3 is 3.00 bits per heavy atom. The molecule has 2 rings (SSSR count). The fourth-order valence-electron chi connectivity index (χ4n) is 1.54. The zero-order valence-electron chi connectivity index (χ0n) is 9.84. The molecular weight excluding hydrogens is 216 g/mol. The summed E-state index contributed by atoms with van der Waals surface area (Å²) in [5.41, 5.74) is 1.01. The first kappa shape index (κ1) is 11.6. The summed E-state index contributed by atoms with van der Waals surface area (Å²) in [5.74, 6) is 0.840. The summed E-state index contributed by atoms with van der Waals surface area (Å²) in [6.45, 7) is 2.13. The number of methoxy groups -OCH3 is 1. The van der Waals surface area contributed by atoms with Crippen LogP contribution in [0.2, 0.25) is 0 Å². The fraction of sp³-hybridized carbons (Fsp3) is 0.333. The molecule has 2 aromatic heterocycles. The van der Waals surface area contributed by atoms with E-state index in [-0.39, 0.29) is 0 Å². The molecule has 0 spiro atoms. The molecule has 0 unspecified atom stereocenters. The minimum absolute atomic E-state index is 0.663. The van der Waals surface area contributed by atoms with E-state index >= 15 is 0 Å². The number of imidazole rings is 1. The van der Waals surface area contributed by atoms with Gasteiger partial charge in [0, 0.05) is 32.2 Å². The molecular formula is C12H16N4O. The van der Waals surface area contributed by atoms with Crippen LogP contribution in [0.15, 0.2) is 36.8 Å². The van der Waals surface area contributed by atoms with Crippen molar-refractivity contribution in [3.05, 3.63) is 42.5 Å². The van der Waals surface area contributed by atoms with E-state index in [4.69, 9.17) is 4.74 Å². The van der Waals surface area contributed by atoms with Crippen molar-refractivity contribution in [3.63, 3.8) is 0 Å². The summed E-state index contributed by atoms with van der Waals surface area (Å²) in [5, 5.41) is 3.21. The van der Waals surface area contributed by atoms with Gasteiger partial charge in [0.05, 0.1) is 18.8 Å². The molecule has 2 aromatic rings. The van der Waals surface area contributed by atoms with Gasteiger partial charge < -0.3 is 14.6 Å². The van der Waals surface area contributed by atoms with Crippen LogP contribution in [-0.4, -0.2) is 34.8 Å². The second-order valence-corrected chi connectivity index (χ2v) is 3.62. The molecule has 90 valence electrons. The molecule has 0 aliphatic rings. The Hall–Kier alpha value is -1.88. The quantitative estimate of drug-likeness (QED) is 0.765. The molecule has 1 N–H and O–H groups in total. The zero-order valence-corrected chi connectivity index (χ0v) is 9.84. The summed E-state index contributed by atoms with van der Waals surface area (Å²) >= 11 is 0. The lowest BCUT2D eigenvalue weighted by Gasteiger charge is -2.08. The first-order valence-corrected chi connectivity index (χ1v) is 5.54. The third-order valence-corrected chi connectivity index (χ3v) is 2.36. The topological polar surface area (TPSA) is 52.0 Å². The Morgan fingerprint density at radius 1 is 1.29 bits per heavy atom. The second kappa shape index (κ2) is 6.00. The van der Waals surface area contributed by atoms with Crippen LogP contribution in [0, 0.1) is 0 Å². The molecule has 0 aliphatic heterocycles. The molecule has 0 saturated heterocycles. The third kappa shape index (κ3) is 3.29. The fourth-order valence-corrected chi connectivity index (χ4v) is 1.54. The van der Waals surface area contributed by atoms with Crippen molar-refractivity contribution in [1.82, 2.24) is 14.5 Å². The number of pyridine rings is 1. The molecule has 0 radical (unpaired) electrons. The Kier molecular flexibility index (Phi) is 4.10. The SMILES string of the molecule is COCCNc1nccn1Cc1ccccn1. The van der Waals surface area contributed by atoms with E-state index in [1.54, 1.807) is 19.5 Å². The van der Waals surface area contributed by atoms with E-state index in [9.17, 15) is 0 Å². The maximum Gasteiger partial charge on any atom is 0.203 e. The van der Waals surface area contributed by atoms with Crippen molar-refractivity contribution in [3.8, 4) is 0 Å². The highest BCUT2D eigenvalue weighted by Gasteiger charge is 2.02. The van der Waals surface area contributed by atoms with E-state index in [2.05, 4.69) is 15.3 Å². The maximum absolute atomic E-state index is 4.99. The van der Waals surface area contributed by atoms with Crippen molar-refractivity contribution in [1.29, 1.82) is 0 Å². The van der Waals surface area contributed by atoms with Gasteiger partial charge in [-0.1, -0.05) is 6.07 Å². The second-order valence-electron chi connectivity index (χ2n) is 3.62. The van der Waals surface area contributed by atoms with E-state index in [0.29, 0.717) is 6.61 Å². The summed E-state index contributed by atoms with van der Waals surface area (Å²) in [6, 6.07) is 5.89. The van der Waals surface area contributed by atoms with Gasteiger partial charge in [0.15, 0.2) is 0 Å². The highest BCUT2D eigenvalue weighted by atomic mass is 16.5. The lowest BCUT2D eigenvalue weighted by molar-refractivity contribution is 0.210. The minimum atomic E-state index is 0.663. The predicted octanol–water partition coefficient (Wildman–Crippen LogP) is 1.38. The molecule has 0 bridgehead atoms. The molecule has 0 aromatic carbocycles. The van der Waals surface area contributed by atoms with Crippen LogP contribution in [0.25, 0.3) is 0 Å². The number of hydrogen-bond acceptors (Lipinski definition) is 4. The van der Waals surface area contributed by atoms with Crippen LogP contribution < -0.4 is 5.32 Å². The number of anilines is 1. The molecule has 0 atom stereocenters. The molecule has 17 heavy (non-hydrogen) atoms. The van der Waals surface area contributed by atoms with Crippen LogP contribution in [0.5, 0.6) is 0 Å². The van der Waals surface area contributed by atoms with Gasteiger partial charge >= 0.3 is 0 Å². The number of rotatable bonds is 6. The molecule has 0 aliphatic carbocycles. The van der Waals surface area contributed by atoms with E-state index in [1.807, 2.05) is 29.0 Å². The van der Waals surface area contributed by atoms with Crippen LogP contribution >= 0.6 is 0 Å². The first-order chi connectivity index (χ1) is 8.40. The largest absolute Gasteiger partial charge is 0.383 e. The van der Waals surface area contributed by atoms with Crippen LogP contribution in [0.1, 0.15) is 5.69 Å². The van der Waals surface area contributed by atoms with Gasteiger partial charge in [0.2, 0.25) is 5.95 Å². The highest BCUT2D eigenvalue weighted by molar-refractivity contribution is 5.26. The summed E-state index contributed by atoms with van der Waals surface area (Å²) in [7, 11) is 1.68. The minimum Gasteiger partial charge on any atom is -0.383 e. The van der Waals surface area contributed by atoms with Gasteiger partial charge in [-0.05, 0) is 12.1 Å². The normalized spacial score (nSPS) is 10.4. The standard InChI is InChI=1S/C12H16N4O/c1-17-9-7-15-12-14-6-8-16(12)10-11-4-2-3-5-13-11/h2-6,8H,7,9-10H2,1H3,(H,14,15). The van der Waals surface area contributed by atoms with Gasteiger partial charge in [0.25, 0.3) is 0 Å². The molecule has 2 heterocycles. The van der Waals surface area contributed by atoms with Gasteiger partial charge in [-0.3, -0.25) is 4.98 Å². The van der Waals surface area contributed by atoms with Crippen molar-refractivity contribution < 1.29 is 4.74 Å². The number of nitrogens with one attached hydrogen (secondary N) is 1. The van der Waals surface area contributed by atoms with Crippen molar-refractivity contribution in [2.45, 2.75) is 6.54 Å². The number of hydrogen-bond donors (Lipinski definition) is 1. The average molecular weight is 232 g/mol. The zero-order chi connectivity index (χ0) is 11.9. The summed E-state index contributed by atoms with van der Waals surface area (Å²) in [4.78, 5) is 8.54. The van der Waals surface area contributed by atoms with Crippen molar-refractivity contribution in [2.24, 2.45) is 0 Å². The molecule has 0 saturated carbocycles. The van der Waals surface area contributed by atoms with Gasteiger partial charge in [0.1, 0.15) is 0 Å². The Bertz CT molecular complexity index is 441. The molecule has 5 heteroatoms. The summed E-state index contributed by atoms with van der Waals surface area (Å²) in [6.07, 6.45) is 5.51. The van der Waals surface area contributed by atoms with Gasteiger partial charge in [-0.25, -0.2) is 4.98 Å². The Labute approximate surface area is 100 Å². The lowest BCUT2D eigenvalue weighted by atomic mass is 10.3. The first-order valence-electron chi connectivity index (χ1n) is 5.54. The van der Waals surface area contributed by atoms with Crippen molar-refractivity contribution >= 4 is 5.95 Å². The van der Waals surface area contributed by atoms with Crippen LogP contribution in [0.4, 0.5) is 5.95 Å². The Morgan fingerprint density at radius 2 is 2.24 bits per heavy atom. The van der Waals surface area contributed by atoms with Gasteiger partial charge in [-0.15, -0.1) is 0 Å². The predicted molar refractivity (Wildman–Crippen MR) is 65.9 cm³/mol. The van der Waals surface area contributed by atoms with E-state index in [1.165, 1.54) is 0 Å². The van der Waals surface area contributed by atoms with E-state index in [0.717, 1.165) is 24.7 Å². The number of ether oxygens (including phenoxy) is 1. The average Bonchev–Trinajstić information content (AvgIpc) is 2.79. The monoisotopic (exact) mass is 232 g/mol. The molecule has 5 nitrogen and oxygen atoms in total. The maximum atomic E-state index is 4.99. The van der Waals surface area contributed by atoms with Crippen LogP contribution in [0.3, 0.4) is 0 Å². The Balaban J connectivity index is 1.99. The number of aromatic nitrogens is 3. The molecule has 0 amide bonds. The third-order valence-electron chi connectivity index (χ3n) is 2.36. The molecule has 0 fully saturated rings.